The van der Waals surface area contributed by atoms with Crippen LogP contribution in [0, 0.1) is 5.82 Å². The number of ether oxygens (including phenoxy) is 1. The molecule has 9 heteroatoms. The van der Waals surface area contributed by atoms with Gasteiger partial charge in [-0.25, -0.2) is 12.8 Å². The van der Waals surface area contributed by atoms with E-state index in [0.29, 0.717) is 44.2 Å². The molecule has 2 aromatic rings. The lowest BCUT2D eigenvalue weighted by atomic mass is 10.2. The SMILES string of the molecule is CCOc1ccc(S(=O)(=O)N2CCN(c3ccc(F)cc3)CC2)cc1NC(=O)CC. The molecule has 3 rings (SSSR count). The summed E-state index contributed by atoms with van der Waals surface area (Å²) in [7, 11) is -3.73. The van der Waals surface area contributed by atoms with E-state index in [-0.39, 0.29) is 23.0 Å². The van der Waals surface area contributed by atoms with E-state index in [9.17, 15) is 17.6 Å². The summed E-state index contributed by atoms with van der Waals surface area (Å²) in [6.07, 6.45) is 0.272. The number of anilines is 2. The normalized spacial score (nSPS) is 15.1. The van der Waals surface area contributed by atoms with Crippen LogP contribution in [0.15, 0.2) is 47.4 Å². The predicted molar refractivity (Wildman–Crippen MR) is 114 cm³/mol. The number of carbonyl (C=O) groups excluding carboxylic acids is 1. The highest BCUT2D eigenvalue weighted by atomic mass is 32.2. The molecule has 1 N–H and O–H groups in total. The Morgan fingerprint density at radius 1 is 1.07 bits per heavy atom. The molecule has 1 amide bonds. The third-order valence-electron chi connectivity index (χ3n) is 4.91. The number of nitrogens with one attached hydrogen (secondary N) is 1. The summed E-state index contributed by atoms with van der Waals surface area (Å²) in [5.41, 5.74) is 1.20. The summed E-state index contributed by atoms with van der Waals surface area (Å²) in [5, 5.41) is 2.71. The Morgan fingerprint density at radius 2 is 1.73 bits per heavy atom. The van der Waals surface area contributed by atoms with Crippen LogP contribution in [-0.4, -0.2) is 51.4 Å². The minimum Gasteiger partial charge on any atom is -0.492 e. The highest BCUT2D eigenvalue weighted by Crippen LogP contribution is 2.30. The maximum atomic E-state index is 13.2. The van der Waals surface area contributed by atoms with E-state index in [1.165, 1.54) is 28.6 Å². The number of halogens is 1. The van der Waals surface area contributed by atoms with Crippen molar-refractivity contribution >= 4 is 27.3 Å². The van der Waals surface area contributed by atoms with Crippen LogP contribution in [0.25, 0.3) is 0 Å². The molecule has 0 radical (unpaired) electrons. The molecule has 30 heavy (non-hydrogen) atoms. The van der Waals surface area contributed by atoms with Crippen molar-refractivity contribution in [3.8, 4) is 5.75 Å². The molecule has 1 aliphatic rings. The summed E-state index contributed by atoms with van der Waals surface area (Å²) in [5.74, 6) is -0.0979. The van der Waals surface area contributed by atoms with Crippen molar-refractivity contribution in [2.24, 2.45) is 0 Å². The van der Waals surface area contributed by atoms with Gasteiger partial charge >= 0.3 is 0 Å². The molecule has 0 atom stereocenters. The first-order chi connectivity index (χ1) is 14.3. The molecule has 2 aromatic carbocycles. The van der Waals surface area contributed by atoms with Gasteiger partial charge in [0.2, 0.25) is 15.9 Å². The van der Waals surface area contributed by atoms with Gasteiger partial charge in [-0.3, -0.25) is 4.79 Å². The zero-order valence-corrected chi connectivity index (χ0v) is 17.9. The fourth-order valence-corrected chi connectivity index (χ4v) is 4.72. The summed E-state index contributed by atoms with van der Waals surface area (Å²) in [6.45, 7) is 5.55. The van der Waals surface area contributed by atoms with Gasteiger partial charge in [0.25, 0.3) is 0 Å². The molecule has 1 saturated heterocycles. The van der Waals surface area contributed by atoms with Crippen molar-refractivity contribution in [1.82, 2.24) is 4.31 Å². The quantitative estimate of drug-likeness (QED) is 0.723. The average molecular weight is 436 g/mol. The highest BCUT2D eigenvalue weighted by Gasteiger charge is 2.29. The number of hydrogen-bond acceptors (Lipinski definition) is 5. The van der Waals surface area contributed by atoms with Crippen molar-refractivity contribution in [2.45, 2.75) is 25.2 Å². The fraction of sp³-hybridized carbons (Fsp3) is 0.381. The molecule has 1 aliphatic heterocycles. The molecular formula is C21H26FN3O4S. The van der Waals surface area contributed by atoms with E-state index in [4.69, 9.17) is 4.74 Å². The topological polar surface area (TPSA) is 79.0 Å². The van der Waals surface area contributed by atoms with Crippen LogP contribution in [0.5, 0.6) is 5.75 Å². The second-order valence-electron chi connectivity index (χ2n) is 6.86. The number of carbonyl (C=O) groups is 1. The molecule has 7 nitrogen and oxygen atoms in total. The van der Waals surface area contributed by atoms with Gasteiger partial charge in [0, 0.05) is 38.3 Å². The fourth-order valence-electron chi connectivity index (χ4n) is 3.27. The van der Waals surface area contributed by atoms with Crippen LogP contribution in [0.1, 0.15) is 20.3 Å². The second-order valence-corrected chi connectivity index (χ2v) is 8.80. The molecule has 0 spiro atoms. The largest absolute Gasteiger partial charge is 0.492 e. The third kappa shape index (κ3) is 4.91. The average Bonchev–Trinajstić information content (AvgIpc) is 2.75. The number of benzene rings is 2. The molecular weight excluding hydrogens is 409 g/mol. The van der Waals surface area contributed by atoms with Gasteiger partial charge in [0.05, 0.1) is 17.2 Å². The predicted octanol–water partition coefficient (Wildman–Crippen LogP) is 3.08. The molecule has 0 bridgehead atoms. The lowest BCUT2D eigenvalue weighted by Gasteiger charge is -2.35. The second kappa shape index (κ2) is 9.44. The number of hydrogen-bond donors (Lipinski definition) is 1. The molecule has 0 aromatic heterocycles. The van der Waals surface area contributed by atoms with Crippen molar-refractivity contribution in [3.63, 3.8) is 0 Å². The standard InChI is InChI=1S/C21H26FN3O4S/c1-3-21(26)23-19-15-18(9-10-20(19)29-4-2)30(27,28)25-13-11-24(12-14-25)17-7-5-16(22)6-8-17/h5-10,15H,3-4,11-14H2,1-2H3,(H,23,26). The summed E-state index contributed by atoms with van der Waals surface area (Å²) >= 11 is 0. The Hall–Kier alpha value is -2.65. The Balaban J connectivity index is 1.77. The van der Waals surface area contributed by atoms with E-state index in [1.807, 2.05) is 11.8 Å². The Kier molecular flexibility index (Phi) is 6.94. The number of rotatable bonds is 7. The summed E-state index contributed by atoms with van der Waals surface area (Å²) < 4.78 is 46.4. The molecule has 0 unspecified atom stereocenters. The van der Waals surface area contributed by atoms with E-state index >= 15 is 0 Å². The van der Waals surface area contributed by atoms with Crippen molar-refractivity contribution in [3.05, 3.63) is 48.3 Å². The summed E-state index contributed by atoms with van der Waals surface area (Å²) in [4.78, 5) is 14.0. The minimum atomic E-state index is -3.73. The smallest absolute Gasteiger partial charge is 0.243 e. The third-order valence-corrected chi connectivity index (χ3v) is 6.81. The van der Waals surface area contributed by atoms with Gasteiger partial charge < -0.3 is 15.0 Å². The van der Waals surface area contributed by atoms with Crippen LogP contribution in [0.4, 0.5) is 15.8 Å². The van der Waals surface area contributed by atoms with Crippen LogP contribution in [0.2, 0.25) is 0 Å². The van der Waals surface area contributed by atoms with Crippen LogP contribution >= 0.6 is 0 Å². The highest BCUT2D eigenvalue weighted by molar-refractivity contribution is 7.89. The Morgan fingerprint density at radius 3 is 2.33 bits per heavy atom. The van der Waals surface area contributed by atoms with Gasteiger partial charge in [0.1, 0.15) is 11.6 Å². The van der Waals surface area contributed by atoms with Crippen molar-refractivity contribution in [1.29, 1.82) is 0 Å². The van der Waals surface area contributed by atoms with Crippen LogP contribution < -0.4 is 15.0 Å². The number of sulfonamides is 1. The van der Waals surface area contributed by atoms with Gasteiger partial charge in [-0.2, -0.15) is 4.31 Å². The molecule has 162 valence electrons. The molecule has 0 saturated carbocycles. The lowest BCUT2D eigenvalue weighted by molar-refractivity contribution is -0.115. The Bertz CT molecular complexity index is 988. The first-order valence-electron chi connectivity index (χ1n) is 9.92. The zero-order valence-electron chi connectivity index (χ0n) is 17.1. The van der Waals surface area contributed by atoms with Gasteiger partial charge in [-0.05, 0) is 49.4 Å². The van der Waals surface area contributed by atoms with Crippen molar-refractivity contribution < 1.29 is 22.3 Å². The summed E-state index contributed by atoms with van der Waals surface area (Å²) in [6, 6.07) is 10.7. The molecule has 0 aliphatic carbocycles. The number of piperazine rings is 1. The van der Waals surface area contributed by atoms with Crippen LogP contribution in [0.3, 0.4) is 0 Å². The zero-order chi connectivity index (χ0) is 21.7. The first-order valence-corrected chi connectivity index (χ1v) is 11.4. The monoisotopic (exact) mass is 435 g/mol. The van der Waals surface area contributed by atoms with Crippen LogP contribution in [-0.2, 0) is 14.8 Å². The Labute approximate surface area is 176 Å². The van der Waals surface area contributed by atoms with E-state index < -0.39 is 10.0 Å². The maximum absolute atomic E-state index is 13.2. The van der Waals surface area contributed by atoms with Gasteiger partial charge in [-0.1, -0.05) is 6.92 Å². The van der Waals surface area contributed by atoms with E-state index in [1.54, 1.807) is 25.1 Å². The van der Waals surface area contributed by atoms with Gasteiger partial charge in [0.15, 0.2) is 0 Å². The number of amides is 1. The van der Waals surface area contributed by atoms with E-state index in [2.05, 4.69) is 5.32 Å². The number of nitrogens with zero attached hydrogens (tertiary/aromatic N) is 2. The molecule has 1 fully saturated rings. The first kappa shape index (κ1) is 22.0. The lowest BCUT2D eigenvalue weighted by Crippen LogP contribution is -2.48. The maximum Gasteiger partial charge on any atom is 0.243 e. The molecule has 1 heterocycles. The van der Waals surface area contributed by atoms with Crippen molar-refractivity contribution in [2.75, 3.05) is 43.0 Å². The van der Waals surface area contributed by atoms with Gasteiger partial charge in [-0.15, -0.1) is 0 Å². The van der Waals surface area contributed by atoms with E-state index in [0.717, 1.165) is 5.69 Å². The minimum absolute atomic E-state index is 0.104.